The highest BCUT2D eigenvalue weighted by molar-refractivity contribution is 8.00. The number of hydrazone groups is 1. The third-order valence-corrected chi connectivity index (χ3v) is 4.87. The summed E-state index contributed by atoms with van der Waals surface area (Å²) in [7, 11) is 0. The molecule has 2 rings (SSSR count). The van der Waals surface area contributed by atoms with E-state index >= 15 is 0 Å². The Balaban J connectivity index is 1.94. The second-order valence-electron chi connectivity index (χ2n) is 5.69. The van der Waals surface area contributed by atoms with E-state index in [0.717, 1.165) is 10.5 Å². The number of nitrogens with zero attached hydrogens (tertiary/aromatic N) is 1. The summed E-state index contributed by atoms with van der Waals surface area (Å²) < 4.78 is 11.2. The van der Waals surface area contributed by atoms with E-state index in [2.05, 4.69) is 17.1 Å². The number of hydrogen-bond donors (Lipinski definition) is 1. The smallest absolute Gasteiger partial charge is 0.253 e. The van der Waals surface area contributed by atoms with Crippen molar-refractivity contribution in [3.05, 3.63) is 65.7 Å². The number of nitrogens with one attached hydrogen (secondary N) is 1. The molecule has 0 bridgehead atoms. The Hall–Kier alpha value is -2.44. The van der Waals surface area contributed by atoms with Gasteiger partial charge in [0.25, 0.3) is 5.91 Å². The van der Waals surface area contributed by atoms with Gasteiger partial charge in [-0.15, -0.1) is 11.8 Å². The molecule has 148 valence electrons. The summed E-state index contributed by atoms with van der Waals surface area (Å²) in [6.07, 6.45) is 3.24. The second-order valence-corrected chi connectivity index (χ2v) is 7.54. The van der Waals surface area contributed by atoms with E-state index in [1.165, 1.54) is 11.8 Å². The van der Waals surface area contributed by atoms with Gasteiger partial charge in [-0.05, 0) is 61.9 Å². The quantitative estimate of drug-likeness (QED) is 0.257. The highest BCUT2D eigenvalue weighted by atomic mass is 35.5. The van der Waals surface area contributed by atoms with Gasteiger partial charge in [-0.3, -0.25) is 4.79 Å². The first-order chi connectivity index (χ1) is 13.5. The summed E-state index contributed by atoms with van der Waals surface area (Å²) in [6, 6.07) is 12.8. The number of benzene rings is 2. The first-order valence-corrected chi connectivity index (χ1v) is 10.0. The van der Waals surface area contributed by atoms with E-state index in [9.17, 15) is 4.79 Å². The number of rotatable bonds is 10. The van der Waals surface area contributed by atoms with Crippen molar-refractivity contribution in [2.24, 2.45) is 5.10 Å². The first-order valence-electron chi connectivity index (χ1n) is 8.79. The summed E-state index contributed by atoms with van der Waals surface area (Å²) in [5.41, 5.74) is 3.35. The first kappa shape index (κ1) is 21.9. The summed E-state index contributed by atoms with van der Waals surface area (Å²) in [6.45, 7) is 8.27. The van der Waals surface area contributed by atoms with Crippen LogP contribution in [0.2, 0.25) is 5.02 Å². The molecular weight excluding hydrogens is 396 g/mol. The lowest BCUT2D eigenvalue weighted by molar-refractivity contribution is -0.120. The van der Waals surface area contributed by atoms with Crippen molar-refractivity contribution in [2.75, 3.05) is 13.2 Å². The van der Waals surface area contributed by atoms with Crippen LogP contribution in [0.5, 0.6) is 11.5 Å². The lowest BCUT2D eigenvalue weighted by Crippen LogP contribution is -2.26. The van der Waals surface area contributed by atoms with Crippen molar-refractivity contribution in [3.8, 4) is 11.5 Å². The molecule has 0 fully saturated rings. The summed E-state index contributed by atoms with van der Waals surface area (Å²) in [5.74, 6) is 1.06. The Labute approximate surface area is 174 Å². The van der Waals surface area contributed by atoms with E-state index in [1.54, 1.807) is 30.5 Å². The van der Waals surface area contributed by atoms with Crippen molar-refractivity contribution in [2.45, 2.75) is 24.0 Å². The van der Waals surface area contributed by atoms with Crippen LogP contribution in [0.25, 0.3) is 0 Å². The lowest BCUT2D eigenvalue weighted by Gasteiger charge is -2.11. The van der Waals surface area contributed by atoms with Crippen molar-refractivity contribution in [1.29, 1.82) is 0 Å². The summed E-state index contributed by atoms with van der Waals surface area (Å²) in [5, 5.41) is 4.41. The van der Waals surface area contributed by atoms with Gasteiger partial charge in [0.05, 0.1) is 18.1 Å². The fourth-order valence-electron chi connectivity index (χ4n) is 2.17. The number of thioether (sulfide) groups is 1. The zero-order chi connectivity index (χ0) is 20.4. The molecule has 0 aliphatic carbocycles. The maximum absolute atomic E-state index is 12.2. The number of hydrogen-bond acceptors (Lipinski definition) is 5. The van der Waals surface area contributed by atoms with Crippen LogP contribution in [0.15, 0.2) is 65.1 Å². The molecule has 2 aromatic carbocycles. The molecule has 28 heavy (non-hydrogen) atoms. The van der Waals surface area contributed by atoms with Crippen LogP contribution >= 0.6 is 23.4 Å². The minimum absolute atomic E-state index is 0.188. The molecule has 1 amide bonds. The topological polar surface area (TPSA) is 59.9 Å². The predicted molar refractivity (Wildman–Crippen MR) is 116 cm³/mol. The van der Waals surface area contributed by atoms with Gasteiger partial charge < -0.3 is 9.47 Å². The van der Waals surface area contributed by atoms with Gasteiger partial charge >= 0.3 is 0 Å². The highest BCUT2D eigenvalue weighted by Crippen LogP contribution is 2.28. The number of ether oxygens (including phenoxy) is 2. The van der Waals surface area contributed by atoms with Crippen LogP contribution in [-0.4, -0.2) is 30.6 Å². The number of halogens is 1. The molecule has 0 saturated carbocycles. The van der Waals surface area contributed by atoms with Crippen molar-refractivity contribution in [3.63, 3.8) is 0 Å². The summed E-state index contributed by atoms with van der Waals surface area (Å²) in [4.78, 5) is 13.2. The fraction of sp³-hybridized carbons (Fsp3) is 0.238. The van der Waals surface area contributed by atoms with Gasteiger partial charge in [0.15, 0.2) is 11.5 Å². The van der Waals surface area contributed by atoms with E-state index in [4.69, 9.17) is 21.1 Å². The average Bonchev–Trinajstić information content (AvgIpc) is 2.69. The zero-order valence-corrected chi connectivity index (χ0v) is 17.4. The van der Waals surface area contributed by atoms with Crippen molar-refractivity contribution in [1.82, 2.24) is 5.43 Å². The van der Waals surface area contributed by atoms with Crippen LogP contribution in [0.3, 0.4) is 0 Å². The Morgan fingerprint density at radius 1 is 1.25 bits per heavy atom. The third-order valence-electron chi connectivity index (χ3n) is 3.51. The largest absolute Gasteiger partial charge is 0.490 e. The zero-order valence-electron chi connectivity index (χ0n) is 15.9. The molecule has 0 aliphatic heterocycles. The highest BCUT2D eigenvalue weighted by Gasteiger charge is 2.13. The maximum Gasteiger partial charge on any atom is 0.253 e. The Morgan fingerprint density at radius 3 is 2.68 bits per heavy atom. The molecule has 7 heteroatoms. The van der Waals surface area contributed by atoms with Gasteiger partial charge in [0.1, 0.15) is 6.61 Å². The molecule has 0 aromatic heterocycles. The fourth-order valence-corrected chi connectivity index (χ4v) is 3.16. The predicted octanol–water partition coefficient (Wildman–Crippen LogP) is 4.93. The number of carbonyl (C=O) groups excluding carboxylic acids is 1. The van der Waals surface area contributed by atoms with E-state index in [-0.39, 0.29) is 11.2 Å². The monoisotopic (exact) mass is 418 g/mol. The molecule has 0 spiro atoms. The van der Waals surface area contributed by atoms with Crippen LogP contribution in [-0.2, 0) is 4.79 Å². The third kappa shape index (κ3) is 6.94. The van der Waals surface area contributed by atoms with E-state index < -0.39 is 0 Å². The second kappa shape index (κ2) is 11.4. The number of amides is 1. The Kier molecular flexibility index (Phi) is 8.91. The Morgan fingerprint density at radius 2 is 2.00 bits per heavy atom. The van der Waals surface area contributed by atoms with Gasteiger partial charge in [-0.2, -0.15) is 5.10 Å². The van der Waals surface area contributed by atoms with Gasteiger partial charge in [-0.1, -0.05) is 24.3 Å². The van der Waals surface area contributed by atoms with E-state index in [0.29, 0.717) is 29.7 Å². The molecule has 2 aromatic rings. The van der Waals surface area contributed by atoms with Crippen LogP contribution in [0, 0.1) is 0 Å². The molecule has 0 saturated heterocycles. The minimum atomic E-state index is -0.299. The molecule has 1 atom stereocenters. The van der Waals surface area contributed by atoms with Crippen LogP contribution in [0.4, 0.5) is 0 Å². The van der Waals surface area contributed by atoms with Gasteiger partial charge in [-0.25, -0.2) is 5.43 Å². The van der Waals surface area contributed by atoms with Gasteiger partial charge in [0, 0.05) is 9.92 Å². The number of carbonyl (C=O) groups is 1. The normalized spacial score (nSPS) is 11.8. The van der Waals surface area contributed by atoms with Crippen LogP contribution in [0.1, 0.15) is 19.4 Å². The molecule has 0 aliphatic rings. The van der Waals surface area contributed by atoms with Crippen molar-refractivity contribution < 1.29 is 14.3 Å². The average molecular weight is 419 g/mol. The van der Waals surface area contributed by atoms with E-state index in [1.807, 2.05) is 38.1 Å². The summed E-state index contributed by atoms with van der Waals surface area (Å²) >= 11 is 7.31. The minimum Gasteiger partial charge on any atom is -0.490 e. The standard InChI is InChI=1S/C21H23ClN2O3S/c1-4-12-27-19-11-6-16(13-20(19)26-5-2)14-23-24-21(25)15(3)28-18-9-7-17(22)8-10-18/h4,6-11,13-15H,1,5,12H2,2-3H3,(H,24,25)/b23-14+. The maximum atomic E-state index is 12.2. The SMILES string of the molecule is C=CCOc1ccc(/C=N/NC(=O)C(C)Sc2ccc(Cl)cc2)cc1OCC. The molecule has 5 nitrogen and oxygen atoms in total. The molecule has 1 unspecified atom stereocenters. The molecule has 0 radical (unpaired) electrons. The molecule has 1 N–H and O–H groups in total. The lowest BCUT2D eigenvalue weighted by atomic mass is 10.2. The van der Waals surface area contributed by atoms with Crippen molar-refractivity contribution >= 4 is 35.5 Å². The molecule has 0 heterocycles. The Bertz CT molecular complexity index is 825. The van der Waals surface area contributed by atoms with Crippen LogP contribution < -0.4 is 14.9 Å². The molecular formula is C21H23ClN2O3S. The van der Waals surface area contributed by atoms with Gasteiger partial charge in [0.2, 0.25) is 0 Å².